The summed E-state index contributed by atoms with van der Waals surface area (Å²) in [7, 11) is 0. The van der Waals surface area contributed by atoms with Gasteiger partial charge in [0, 0.05) is 13.0 Å². The van der Waals surface area contributed by atoms with Crippen LogP contribution in [0.25, 0.3) is 0 Å². The number of alkyl halides is 1. The Hall–Kier alpha value is -1.43. The van der Waals surface area contributed by atoms with E-state index in [0.29, 0.717) is 6.54 Å². The average molecular weight is 267 g/mol. The van der Waals surface area contributed by atoms with Gasteiger partial charge in [0.05, 0.1) is 11.6 Å². The Morgan fingerprint density at radius 3 is 3.00 bits per heavy atom. The molecule has 18 heavy (non-hydrogen) atoms. The molecule has 3 heterocycles. The first-order valence-electron chi connectivity index (χ1n) is 6.19. The lowest BCUT2D eigenvalue weighted by Gasteiger charge is -2.14. The van der Waals surface area contributed by atoms with Crippen molar-refractivity contribution in [2.45, 2.75) is 44.7 Å². The second-order valence-electron chi connectivity index (χ2n) is 4.60. The lowest BCUT2D eigenvalue weighted by atomic mass is 10.2. The highest BCUT2D eigenvalue weighted by molar-refractivity contribution is 6.20. The van der Waals surface area contributed by atoms with Crippen molar-refractivity contribution in [3.63, 3.8) is 0 Å². The highest BCUT2D eigenvalue weighted by Gasteiger charge is 2.16. The molecule has 7 heteroatoms. The molecule has 0 amide bonds. The molecule has 0 saturated heterocycles. The minimum atomic E-state index is -0.119. The molecule has 1 aliphatic rings. The second kappa shape index (κ2) is 4.68. The Balaban J connectivity index is 1.81. The van der Waals surface area contributed by atoms with Gasteiger partial charge in [-0.25, -0.2) is 4.68 Å². The van der Waals surface area contributed by atoms with Crippen LogP contribution in [0.3, 0.4) is 0 Å². The number of fused-ring (bicyclic) bond motifs is 1. The molecule has 0 aliphatic carbocycles. The van der Waals surface area contributed by atoms with E-state index in [1.807, 2.05) is 13.1 Å². The zero-order chi connectivity index (χ0) is 12.5. The zero-order valence-electron chi connectivity index (χ0n) is 10.3. The molecule has 1 unspecified atom stereocenters. The molecule has 2 aromatic rings. The summed E-state index contributed by atoms with van der Waals surface area (Å²) in [4.78, 5) is 0. The number of nitrogens with zero attached hydrogens (tertiary/aromatic N) is 6. The summed E-state index contributed by atoms with van der Waals surface area (Å²) in [5.74, 6) is 2.03. The topological polar surface area (TPSA) is 61.4 Å². The van der Waals surface area contributed by atoms with Crippen molar-refractivity contribution >= 4 is 11.6 Å². The number of aryl methyl sites for hydroxylation is 1. The lowest BCUT2D eigenvalue weighted by Crippen LogP contribution is -2.15. The van der Waals surface area contributed by atoms with Gasteiger partial charge in [-0.05, 0) is 19.8 Å². The van der Waals surface area contributed by atoms with Crippen LogP contribution in [0.2, 0.25) is 0 Å². The Bertz CT molecular complexity index is 543. The molecule has 0 radical (unpaired) electrons. The molecule has 3 rings (SSSR count). The SMILES string of the molecule is CC(Cl)c1cn(Cc2nnc3n2CCCC3)nn1. The predicted molar refractivity (Wildman–Crippen MR) is 66.4 cm³/mol. The van der Waals surface area contributed by atoms with Gasteiger partial charge in [-0.1, -0.05) is 5.21 Å². The summed E-state index contributed by atoms with van der Waals surface area (Å²) in [6.45, 7) is 3.49. The number of hydrogen-bond donors (Lipinski definition) is 0. The Labute approximate surface area is 110 Å². The summed E-state index contributed by atoms with van der Waals surface area (Å²) >= 11 is 5.96. The van der Waals surface area contributed by atoms with Crippen molar-refractivity contribution in [2.24, 2.45) is 0 Å². The lowest BCUT2D eigenvalue weighted by molar-refractivity contribution is 0.493. The van der Waals surface area contributed by atoms with E-state index in [0.717, 1.165) is 30.3 Å². The molecule has 0 saturated carbocycles. The number of halogens is 1. The van der Waals surface area contributed by atoms with E-state index in [-0.39, 0.29) is 5.38 Å². The van der Waals surface area contributed by atoms with Gasteiger partial charge in [0.25, 0.3) is 0 Å². The fraction of sp³-hybridized carbons (Fsp3) is 0.636. The number of hydrogen-bond acceptors (Lipinski definition) is 4. The smallest absolute Gasteiger partial charge is 0.154 e. The van der Waals surface area contributed by atoms with Gasteiger partial charge in [0.1, 0.15) is 18.1 Å². The van der Waals surface area contributed by atoms with Crippen LogP contribution >= 0.6 is 11.6 Å². The maximum Gasteiger partial charge on any atom is 0.154 e. The van der Waals surface area contributed by atoms with Crippen molar-refractivity contribution in [1.82, 2.24) is 29.8 Å². The van der Waals surface area contributed by atoms with E-state index in [2.05, 4.69) is 25.1 Å². The molecule has 0 bridgehead atoms. The minimum Gasteiger partial charge on any atom is -0.313 e. The minimum absolute atomic E-state index is 0.119. The molecule has 0 spiro atoms. The van der Waals surface area contributed by atoms with E-state index < -0.39 is 0 Å². The van der Waals surface area contributed by atoms with Crippen LogP contribution in [0.15, 0.2) is 6.20 Å². The third-order valence-electron chi connectivity index (χ3n) is 3.20. The third kappa shape index (κ3) is 2.12. The number of rotatable bonds is 3. The van der Waals surface area contributed by atoms with Crippen molar-refractivity contribution in [3.05, 3.63) is 23.5 Å². The van der Waals surface area contributed by atoms with Gasteiger partial charge < -0.3 is 4.57 Å². The zero-order valence-corrected chi connectivity index (χ0v) is 11.0. The highest BCUT2D eigenvalue weighted by Crippen LogP contribution is 2.17. The van der Waals surface area contributed by atoms with Crippen molar-refractivity contribution in [1.29, 1.82) is 0 Å². The van der Waals surface area contributed by atoms with Crippen molar-refractivity contribution < 1.29 is 0 Å². The Morgan fingerprint density at radius 2 is 2.22 bits per heavy atom. The average Bonchev–Trinajstić information content (AvgIpc) is 2.98. The molecule has 0 aromatic carbocycles. The van der Waals surface area contributed by atoms with Gasteiger partial charge in [-0.3, -0.25) is 0 Å². The van der Waals surface area contributed by atoms with Crippen LogP contribution in [-0.4, -0.2) is 29.8 Å². The van der Waals surface area contributed by atoms with Crippen LogP contribution in [0, 0.1) is 0 Å². The quantitative estimate of drug-likeness (QED) is 0.791. The first-order chi connectivity index (χ1) is 8.74. The van der Waals surface area contributed by atoms with E-state index in [9.17, 15) is 0 Å². The molecular weight excluding hydrogens is 252 g/mol. The molecule has 96 valence electrons. The first-order valence-corrected chi connectivity index (χ1v) is 6.63. The summed E-state index contributed by atoms with van der Waals surface area (Å²) < 4.78 is 3.95. The molecule has 0 fully saturated rings. The van der Waals surface area contributed by atoms with Crippen LogP contribution < -0.4 is 0 Å². The van der Waals surface area contributed by atoms with Crippen LogP contribution in [0.5, 0.6) is 0 Å². The highest BCUT2D eigenvalue weighted by atomic mass is 35.5. The summed E-state index contributed by atoms with van der Waals surface area (Å²) in [6, 6.07) is 0. The van der Waals surface area contributed by atoms with Crippen LogP contribution in [-0.2, 0) is 19.5 Å². The largest absolute Gasteiger partial charge is 0.313 e. The fourth-order valence-corrected chi connectivity index (χ4v) is 2.30. The maximum absolute atomic E-state index is 5.96. The van der Waals surface area contributed by atoms with Gasteiger partial charge in [0.2, 0.25) is 0 Å². The summed E-state index contributed by atoms with van der Waals surface area (Å²) in [5.41, 5.74) is 0.787. The summed E-state index contributed by atoms with van der Waals surface area (Å²) in [5, 5.41) is 16.4. The van der Waals surface area contributed by atoms with Gasteiger partial charge in [-0.15, -0.1) is 26.9 Å². The van der Waals surface area contributed by atoms with E-state index in [4.69, 9.17) is 11.6 Å². The molecule has 1 aliphatic heterocycles. The van der Waals surface area contributed by atoms with E-state index in [1.54, 1.807) is 4.68 Å². The summed E-state index contributed by atoms with van der Waals surface area (Å²) in [6.07, 6.45) is 5.28. The van der Waals surface area contributed by atoms with Crippen LogP contribution in [0.4, 0.5) is 0 Å². The van der Waals surface area contributed by atoms with Crippen LogP contribution in [0.1, 0.15) is 42.5 Å². The molecule has 6 nitrogen and oxygen atoms in total. The van der Waals surface area contributed by atoms with E-state index >= 15 is 0 Å². The van der Waals surface area contributed by atoms with Crippen molar-refractivity contribution in [2.75, 3.05) is 0 Å². The molecule has 1 atom stereocenters. The van der Waals surface area contributed by atoms with Gasteiger partial charge >= 0.3 is 0 Å². The van der Waals surface area contributed by atoms with Gasteiger partial charge in [0.15, 0.2) is 5.82 Å². The third-order valence-corrected chi connectivity index (χ3v) is 3.43. The second-order valence-corrected chi connectivity index (χ2v) is 5.25. The molecular formula is C11H15ClN6. The molecule has 0 N–H and O–H groups in total. The Morgan fingerprint density at radius 1 is 1.33 bits per heavy atom. The monoisotopic (exact) mass is 266 g/mol. The normalized spacial score (nSPS) is 16.6. The van der Waals surface area contributed by atoms with E-state index in [1.165, 1.54) is 12.8 Å². The standard InChI is InChI=1S/C11H15ClN6/c1-8(12)9-6-17(16-13-9)7-11-15-14-10-4-2-3-5-18(10)11/h6,8H,2-5,7H2,1H3. The number of aromatic nitrogens is 6. The van der Waals surface area contributed by atoms with Gasteiger partial charge in [-0.2, -0.15) is 0 Å². The fourth-order valence-electron chi connectivity index (χ4n) is 2.20. The maximum atomic E-state index is 5.96. The van der Waals surface area contributed by atoms with Crippen molar-refractivity contribution in [3.8, 4) is 0 Å². The molecule has 2 aromatic heterocycles. The Kier molecular flexibility index (Phi) is 3.03. The first kappa shape index (κ1) is 11.6. The predicted octanol–water partition coefficient (Wildman–Crippen LogP) is 1.55.